The van der Waals surface area contributed by atoms with E-state index in [2.05, 4.69) is 4.74 Å². The van der Waals surface area contributed by atoms with Gasteiger partial charge in [-0.25, -0.2) is 0 Å². The van der Waals surface area contributed by atoms with E-state index < -0.39 is 0 Å². The van der Waals surface area contributed by atoms with Gasteiger partial charge in [0.1, 0.15) is 0 Å². The van der Waals surface area contributed by atoms with Crippen molar-refractivity contribution in [2.75, 3.05) is 7.11 Å². The molecule has 0 saturated heterocycles. The van der Waals surface area contributed by atoms with Crippen LogP contribution in [0.5, 0.6) is 0 Å². The van der Waals surface area contributed by atoms with Crippen molar-refractivity contribution in [1.82, 2.24) is 0 Å². The van der Waals surface area contributed by atoms with E-state index in [0.717, 1.165) is 0 Å². The summed E-state index contributed by atoms with van der Waals surface area (Å²) in [6.07, 6.45) is 3.59. The Kier molecular flexibility index (Phi) is 0.855. The van der Waals surface area contributed by atoms with Crippen molar-refractivity contribution in [2.45, 2.75) is 0 Å². The van der Waals surface area contributed by atoms with Crippen molar-refractivity contribution in [1.29, 1.82) is 0 Å². The van der Waals surface area contributed by atoms with E-state index in [1.165, 1.54) is 7.11 Å². The Morgan fingerprint density at radius 3 is 2.43 bits per heavy atom. The topological polar surface area (TPSA) is 26.3 Å². The third-order valence-electron chi connectivity index (χ3n) is 0.858. The molecule has 0 amide bonds. The lowest BCUT2D eigenvalue weighted by atomic mass is 11.1. The molecule has 0 unspecified atom stereocenters. The van der Waals surface area contributed by atoms with Gasteiger partial charge in [0.15, 0.2) is 0 Å². The van der Waals surface area contributed by atoms with Crippen molar-refractivity contribution >= 4 is 5.97 Å². The quantitative estimate of drug-likeness (QED) is 0.270. The number of rotatable bonds is 1. The van der Waals surface area contributed by atoms with Crippen LogP contribution in [0.4, 0.5) is 0 Å². The molecule has 2 heteroatoms. The number of methoxy groups -OCH3 is 1. The van der Waals surface area contributed by atoms with Crippen LogP contribution in [0.1, 0.15) is 0 Å². The average molecular weight is 100 g/mol. The molecule has 0 aromatic rings. The standard InChI is InChI=1S/C5H6O2/c1-7-5(6)4-2-3-4/h2-4H,1H3/i4+1,5+1. The van der Waals surface area contributed by atoms with Gasteiger partial charge in [-0.3, -0.25) is 4.79 Å². The highest BCUT2D eigenvalue weighted by Gasteiger charge is 2.20. The zero-order valence-corrected chi connectivity index (χ0v) is 4.05. The summed E-state index contributed by atoms with van der Waals surface area (Å²) in [5, 5.41) is 0. The second-order valence-corrected chi connectivity index (χ2v) is 1.43. The lowest BCUT2D eigenvalue weighted by Gasteiger charge is -1.90. The maximum atomic E-state index is 10.3. The van der Waals surface area contributed by atoms with Gasteiger partial charge in [0.05, 0.1) is 13.0 Å². The minimum atomic E-state index is -0.153. The van der Waals surface area contributed by atoms with Crippen LogP contribution in [0.25, 0.3) is 0 Å². The molecule has 0 heterocycles. The van der Waals surface area contributed by atoms with Gasteiger partial charge in [-0.2, -0.15) is 0 Å². The van der Waals surface area contributed by atoms with E-state index in [1.54, 1.807) is 12.2 Å². The first-order chi connectivity index (χ1) is 3.34. The van der Waals surface area contributed by atoms with Gasteiger partial charge in [0.2, 0.25) is 0 Å². The maximum absolute atomic E-state index is 10.3. The number of ether oxygens (including phenoxy) is 1. The van der Waals surface area contributed by atoms with Gasteiger partial charge < -0.3 is 4.74 Å². The largest absolute Gasteiger partial charge is 0.468 e. The summed E-state index contributed by atoms with van der Waals surface area (Å²) in [7, 11) is 1.39. The fraction of sp³-hybridized carbons (Fsp3) is 0.400. The van der Waals surface area contributed by atoms with E-state index in [-0.39, 0.29) is 11.9 Å². The Morgan fingerprint density at radius 1 is 1.71 bits per heavy atom. The average Bonchev–Trinajstić information content (AvgIpc) is 2.44. The van der Waals surface area contributed by atoms with E-state index >= 15 is 0 Å². The van der Waals surface area contributed by atoms with E-state index in [9.17, 15) is 4.79 Å². The molecule has 38 valence electrons. The molecule has 0 N–H and O–H groups in total. The molecule has 1 aliphatic rings. The van der Waals surface area contributed by atoms with Crippen LogP contribution in [0.15, 0.2) is 12.2 Å². The summed E-state index contributed by atoms with van der Waals surface area (Å²) in [5.41, 5.74) is 0. The van der Waals surface area contributed by atoms with Crippen molar-refractivity contribution in [3.63, 3.8) is 0 Å². The fourth-order valence-corrected chi connectivity index (χ4v) is 0.349. The lowest BCUT2D eigenvalue weighted by molar-refractivity contribution is -0.141. The zero-order chi connectivity index (χ0) is 5.28. The van der Waals surface area contributed by atoms with Crippen LogP contribution in [-0.2, 0) is 9.53 Å². The number of esters is 1. The van der Waals surface area contributed by atoms with Gasteiger partial charge in [-0.15, -0.1) is 0 Å². The molecule has 7 heavy (non-hydrogen) atoms. The normalized spacial score (nSPS) is 16.7. The molecular weight excluding hydrogens is 94.0 g/mol. The Morgan fingerprint density at radius 2 is 2.29 bits per heavy atom. The minimum Gasteiger partial charge on any atom is -0.468 e. The predicted molar refractivity (Wildman–Crippen MR) is 24.6 cm³/mol. The molecule has 0 bridgehead atoms. The molecule has 0 spiro atoms. The molecule has 0 aliphatic heterocycles. The molecule has 1 aliphatic carbocycles. The number of carbonyl (C=O) groups excluding carboxylic acids is 1. The first-order valence-corrected chi connectivity index (χ1v) is 2.11. The van der Waals surface area contributed by atoms with Crippen LogP contribution in [0.3, 0.4) is 0 Å². The Bertz CT molecular complexity index is 109. The monoisotopic (exact) mass is 100 g/mol. The Labute approximate surface area is 41.8 Å². The summed E-state index contributed by atoms with van der Waals surface area (Å²) in [4.78, 5) is 10.3. The molecular formula is C5H6O2. The van der Waals surface area contributed by atoms with Gasteiger partial charge in [-0.1, -0.05) is 12.2 Å². The molecule has 0 atom stereocenters. The second-order valence-electron chi connectivity index (χ2n) is 1.43. The third-order valence-corrected chi connectivity index (χ3v) is 0.858. The van der Waals surface area contributed by atoms with Crippen molar-refractivity contribution in [2.24, 2.45) is 5.92 Å². The molecule has 0 radical (unpaired) electrons. The van der Waals surface area contributed by atoms with E-state index in [0.29, 0.717) is 0 Å². The molecule has 0 aromatic heterocycles. The Balaban J connectivity index is 2.26. The summed E-state index contributed by atoms with van der Waals surface area (Å²) in [6, 6.07) is 0. The van der Waals surface area contributed by atoms with Crippen LogP contribution in [0, 0.1) is 5.92 Å². The Hall–Kier alpha value is -0.790. The maximum Gasteiger partial charge on any atom is 0.316 e. The molecule has 0 aromatic carbocycles. The highest BCUT2D eigenvalue weighted by Crippen LogP contribution is 2.15. The first-order valence-electron chi connectivity index (χ1n) is 2.11. The van der Waals surface area contributed by atoms with Gasteiger partial charge in [0.25, 0.3) is 0 Å². The highest BCUT2D eigenvalue weighted by molar-refractivity contribution is 5.80. The molecule has 2 nitrogen and oxygen atoms in total. The fourth-order valence-electron chi connectivity index (χ4n) is 0.349. The third kappa shape index (κ3) is 0.796. The second kappa shape index (κ2) is 1.37. The van der Waals surface area contributed by atoms with Crippen molar-refractivity contribution in [3.05, 3.63) is 12.2 Å². The summed E-state index contributed by atoms with van der Waals surface area (Å²) in [5.74, 6) is -0.148. The number of carbonyl (C=O) groups is 1. The van der Waals surface area contributed by atoms with E-state index in [4.69, 9.17) is 0 Å². The van der Waals surface area contributed by atoms with Crippen LogP contribution < -0.4 is 0 Å². The van der Waals surface area contributed by atoms with Crippen molar-refractivity contribution in [3.8, 4) is 0 Å². The smallest absolute Gasteiger partial charge is 0.316 e. The molecule has 1 rings (SSSR count). The highest BCUT2D eigenvalue weighted by atomic mass is 16.6. The lowest BCUT2D eigenvalue weighted by Crippen LogP contribution is -2.02. The van der Waals surface area contributed by atoms with Gasteiger partial charge >= 0.3 is 5.97 Å². The molecule has 0 saturated carbocycles. The van der Waals surface area contributed by atoms with Crippen LogP contribution in [-0.4, -0.2) is 13.1 Å². The number of hydrogen-bond acceptors (Lipinski definition) is 2. The van der Waals surface area contributed by atoms with Gasteiger partial charge in [-0.05, 0) is 0 Å². The van der Waals surface area contributed by atoms with E-state index in [1.807, 2.05) is 0 Å². The van der Waals surface area contributed by atoms with Crippen LogP contribution >= 0.6 is 0 Å². The summed E-state index contributed by atoms with van der Waals surface area (Å²) < 4.78 is 4.37. The SMILES string of the molecule is CO[13C](=O)[13CH]1C=C1. The van der Waals surface area contributed by atoms with Crippen molar-refractivity contribution < 1.29 is 9.53 Å². The predicted octanol–water partition coefficient (Wildman–Crippen LogP) is 0.345. The molecule has 0 fully saturated rings. The summed E-state index contributed by atoms with van der Waals surface area (Å²) in [6.45, 7) is 0. The van der Waals surface area contributed by atoms with Crippen LogP contribution in [0.2, 0.25) is 0 Å². The number of hydrogen-bond donors (Lipinski definition) is 0. The minimum absolute atomic E-state index is 0.00463. The first kappa shape index (κ1) is 4.37. The van der Waals surface area contributed by atoms with Gasteiger partial charge in [0, 0.05) is 0 Å². The zero-order valence-electron chi connectivity index (χ0n) is 4.05. The summed E-state index contributed by atoms with van der Waals surface area (Å²) >= 11 is 0.